The van der Waals surface area contributed by atoms with Crippen LogP contribution in [-0.2, 0) is 4.79 Å². The molecule has 1 heterocycles. The fraction of sp³-hybridized carbons (Fsp3) is 0. The second-order valence-electron chi connectivity index (χ2n) is 4.55. The van der Waals surface area contributed by atoms with Crippen molar-refractivity contribution in [3.63, 3.8) is 0 Å². The number of thioether (sulfide) groups is 1. The molecule has 1 saturated heterocycles. The van der Waals surface area contributed by atoms with Crippen LogP contribution in [-0.4, -0.2) is 16.2 Å². The Morgan fingerprint density at radius 3 is 2.68 bits per heavy atom. The Bertz CT molecular complexity index is 785. The van der Waals surface area contributed by atoms with E-state index >= 15 is 0 Å². The molecule has 110 valence electrons. The van der Waals surface area contributed by atoms with Crippen molar-refractivity contribution < 1.29 is 14.3 Å². The minimum absolute atomic E-state index is 0.109. The van der Waals surface area contributed by atoms with E-state index in [-0.39, 0.29) is 17.5 Å². The van der Waals surface area contributed by atoms with Crippen molar-refractivity contribution in [3.05, 3.63) is 64.8 Å². The summed E-state index contributed by atoms with van der Waals surface area (Å²) in [5, 5.41) is 12.5. The number of amides is 1. The van der Waals surface area contributed by atoms with Gasteiger partial charge in [0, 0.05) is 6.07 Å². The normalized spacial score (nSPS) is 18.0. The predicted octanol–water partition coefficient (Wildman–Crippen LogP) is 3.42. The molecule has 0 aromatic heterocycles. The summed E-state index contributed by atoms with van der Waals surface area (Å²) in [6, 6.07) is 12.3. The number of rotatable bonds is 2. The smallest absolute Gasteiger partial charge is 0.264 e. The first-order valence-corrected chi connectivity index (χ1v) is 7.26. The number of halogens is 1. The lowest BCUT2D eigenvalue weighted by Gasteiger charge is -1.97. The average molecular weight is 314 g/mol. The number of aromatic hydroxyl groups is 1. The number of benzene rings is 2. The molecule has 6 heteroatoms. The van der Waals surface area contributed by atoms with Crippen molar-refractivity contribution in [2.24, 2.45) is 4.99 Å². The number of nitrogens with one attached hydrogen (secondary N) is 1. The van der Waals surface area contributed by atoms with Gasteiger partial charge in [0.15, 0.2) is 5.17 Å². The van der Waals surface area contributed by atoms with Crippen LogP contribution in [0.1, 0.15) is 5.56 Å². The number of phenols is 1. The van der Waals surface area contributed by atoms with Crippen molar-refractivity contribution in [1.82, 2.24) is 5.32 Å². The summed E-state index contributed by atoms with van der Waals surface area (Å²) in [5.41, 5.74) is 1.28. The molecule has 22 heavy (non-hydrogen) atoms. The molecule has 1 fully saturated rings. The van der Waals surface area contributed by atoms with E-state index in [1.807, 2.05) is 0 Å². The first-order valence-electron chi connectivity index (χ1n) is 6.44. The van der Waals surface area contributed by atoms with Crippen molar-refractivity contribution in [1.29, 1.82) is 0 Å². The fourth-order valence-electron chi connectivity index (χ4n) is 1.87. The molecule has 1 aliphatic heterocycles. The lowest BCUT2D eigenvalue weighted by molar-refractivity contribution is -0.115. The number of aliphatic imine (C=N–C) groups is 1. The summed E-state index contributed by atoms with van der Waals surface area (Å²) >= 11 is 1.19. The first kappa shape index (κ1) is 14.3. The first-order chi connectivity index (χ1) is 10.6. The van der Waals surface area contributed by atoms with Crippen LogP contribution in [0.5, 0.6) is 5.75 Å². The minimum atomic E-state index is -0.322. The maximum absolute atomic E-state index is 12.9. The molecular weight excluding hydrogens is 303 g/mol. The fourth-order valence-corrected chi connectivity index (χ4v) is 2.71. The molecule has 2 aromatic carbocycles. The molecule has 1 amide bonds. The van der Waals surface area contributed by atoms with Crippen molar-refractivity contribution in [2.45, 2.75) is 0 Å². The van der Waals surface area contributed by atoms with Gasteiger partial charge in [0.1, 0.15) is 11.6 Å². The summed E-state index contributed by atoms with van der Waals surface area (Å²) in [6.45, 7) is 0. The lowest BCUT2D eigenvalue weighted by Crippen LogP contribution is -2.19. The quantitative estimate of drug-likeness (QED) is 0.835. The summed E-state index contributed by atoms with van der Waals surface area (Å²) in [7, 11) is 0. The highest BCUT2D eigenvalue weighted by atomic mass is 32.2. The molecule has 3 rings (SSSR count). The summed E-state index contributed by atoms with van der Waals surface area (Å²) in [6.07, 6.45) is 1.67. The summed E-state index contributed by atoms with van der Waals surface area (Å²) in [5.74, 6) is -0.469. The highest BCUT2D eigenvalue weighted by Crippen LogP contribution is 2.28. The van der Waals surface area contributed by atoms with Crippen molar-refractivity contribution >= 4 is 34.6 Å². The number of nitrogens with zero attached hydrogens (tertiary/aromatic N) is 1. The van der Waals surface area contributed by atoms with Crippen molar-refractivity contribution in [2.75, 3.05) is 0 Å². The molecule has 0 saturated carbocycles. The van der Waals surface area contributed by atoms with Gasteiger partial charge in [-0.1, -0.05) is 18.2 Å². The molecule has 0 radical (unpaired) electrons. The zero-order valence-electron chi connectivity index (χ0n) is 11.3. The second-order valence-corrected chi connectivity index (χ2v) is 5.58. The highest BCUT2D eigenvalue weighted by Gasteiger charge is 2.23. The third-order valence-corrected chi connectivity index (χ3v) is 3.79. The van der Waals surface area contributed by atoms with E-state index in [1.165, 1.54) is 30.0 Å². The average Bonchev–Trinajstić information content (AvgIpc) is 2.81. The molecular formula is C16H11FN2O2S. The maximum Gasteiger partial charge on any atom is 0.264 e. The van der Waals surface area contributed by atoms with Crippen LogP contribution in [0.2, 0.25) is 0 Å². The standard InChI is InChI=1S/C16H11FN2O2S/c17-11-6-4-10(5-7-11)8-14-15(21)19-16(22-14)18-12-2-1-3-13(20)9-12/h1-9,20H,(H,18,19,21). The van der Waals surface area contributed by atoms with E-state index in [4.69, 9.17) is 0 Å². The number of hydrogen-bond donors (Lipinski definition) is 2. The van der Waals surface area contributed by atoms with Gasteiger partial charge < -0.3 is 10.4 Å². The largest absolute Gasteiger partial charge is 0.508 e. The van der Waals surface area contributed by atoms with E-state index in [0.29, 0.717) is 15.8 Å². The third-order valence-electron chi connectivity index (χ3n) is 2.88. The number of hydrogen-bond acceptors (Lipinski definition) is 4. The summed E-state index contributed by atoms with van der Waals surface area (Å²) < 4.78 is 12.9. The molecule has 4 nitrogen and oxygen atoms in total. The van der Waals surface area contributed by atoms with Gasteiger partial charge in [0.2, 0.25) is 0 Å². The molecule has 0 unspecified atom stereocenters. The molecule has 0 atom stereocenters. The van der Waals surface area contributed by atoms with Crippen LogP contribution in [0, 0.1) is 5.82 Å². The molecule has 0 spiro atoms. The third kappa shape index (κ3) is 3.35. The molecule has 1 aliphatic rings. The molecule has 2 aromatic rings. The van der Waals surface area contributed by atoms with Gasteiger partial charge in [-0.05, 0) is 47.7 Å². The van der Waals surface area contributed by atoms with E-state index in [0.717, 1.165) is 5.56 Å². The Hall–Kier alpha value is -2.60. The van der Waals surface area contributed by atoms with Crippen molar-refractivity contribution in [3.8, 4) is 5.75 Å². The predicted molar refractivity (Wildman–Crippen MR) is 85.3 cm³/mol. The number of carbonyl (C=O) groups excluding carboxylic acids is 1. The van der Waals surface area contributed by atoms with Gasteiger partial charge in [0.05, 0.1) is 10.6 Å². The number of carbonyl (C=O) groups is 1. The Balaban J connectivity index is 1.82. The highest BCUT2D eigenvalue weighted by molar-refractivity contribution is 8.18. The molecule has 2 N–H and O–H groups in total. The molecule has 0 aliphatic carbocycles. The maximum atomic E-state index is 12.9. The van der Waals surface area contributed by atoms with Gasteiger partial charge in [-0.3, -0.25) is 4.79 Å². The zero-order valence-corrected chi connectivity index (χ0v) is 12.1. The monoisotopic (exact) mass is 314 g/mol. The lowest BCUT2D eigenvalue weighted by atomic mass is 10.2. The number of amidine groups is 1. The minimum Gasteiger partial charge on any atom is -0.508 e. The Labute approximate surface area is 130 Å². The van der Waals surface area contributed by atoms with E-state index in [1.54, 1.807) is 36.4 Å². The zero-order chi connectivity index (χ0) is 15.5. The van der Waals surface area contributed by atoms with Crippen LogP contribution < -0.4 is 5.32 Å². The van der Waals surface area contributed by atoms with Crippen LogP contribution >= 0.6 is 11.8 Å². The van der Waals surface area contributed by atoms with Crippen LogP contribution in [0.3, 0.4) is 0 Å². The Morgan fingerprint density at radius 2 is 1.95 bits per heavy atom. The Morgan fingerprint density at radius 1 is 1.18 bits per heavy atom. The summed E-state index contributed by atoms with van der Waals surface area (Å²) in [4.78, 5) is 16.6. The van der Waals surface area contributed by atoms with Gasteiger partial charge in [0.25, 0.3) is 5.91 Å². The van der Waals surface area contributed by atoms with Gasteiger partial charge in [-0.25, -0.2) is 9.38 Å². The second kappa shape index (κ2) is 6.03. The van der Waals surface area contributed by atoms with E-state index in [2.05, 4.69) is 10.3 Å². The topological polar surface area (TPSA) is 61.7 Å². The Kier molecular flexibility index (Phi) is 3.93. The molecule has 0 bridgehead atoms. The van der Waals surface area contributed by atoms with Gasteiger partial charge >= 0.3 is 0 Å². The SMILES string of the molecule is O=C1NC(=Nc2cccc(O)c2)SC1=Cc1ccc(F)cc1. The van der Waals surface area contributed by atoms with Gasteiger partial charge in [-0.15, -0.1) is 0 Å². The number of phenolic OH excluding ortho intramolecular Hbond substituents is 1. The van der Waals surface area contributed by atoms with Crippen LogP contribution in [0.15, 0.2) is 58.4 Å². The van der Waals surface area contributed by atoms with E-state index < -0.39 is 0 Å². The van der Waals surface area contributed by atoms with Crippen LogP contribution in [0.4, 0.5) is 10.1 Å². The van der Waals surface area contributed by atoms with Gasteiger partial charge in [-0.2, -0.15) is 0 Å². The van der Waals surface area contributed by atoms with E-state index in [9.17, 15) is 14.3 Å². The van der Waals surface area contributed by atoms with Crippen LogP contribution in [0.25, 0.3) is 6.08 Å².